The number of rotatable bonds is 11. The van der Waals surface area contributed by atoms with Crippen LogP contribution < -0.4 is 9.47 Å². The molecule has 0 fully saturated rings. The summed E-state index contributed by atoms with van der Waals surface area (Å²) in [5.74, 6) is 0.759. The molecule has 1 N–H and O–H groups in total. The standard InChI is InChI=1S/C33H39NO5/c1-22(2)27-12-9-24(10-13-27)18-33(5)19-28-15-25(11-14-30(28)39-33)17-31(35)34(21-32(36)37)20-26-7-6-8-29(16-26)38-23(3)4/h6-16,22-23H,17-21H2,1-5H3,(H,36,37)/t33-/m1/s1. The molecule has 0 spiro atoms. The van der Waals surface area contributed by atoms with Crippen molar-refractivity contribution in [2.75, 3.05) is 6.54 Å². The van der Waals surface area contributed by atoms with E-state index in [1.165, 1.54) is 16.0 Å². The van der Waals surface area contributed by atoms with E-state index in [9.17, 15) is 14.7 Å². The number of carboxylic acid groups (broad SMARTS) is 1. The number of hydrogen-bond acceptors (Lipinski definition) is 4. The first-order valence-corrected chi connectivity index (χ1v) is 13.6. The minimum absolute atomic E-state index is 0.0214. The number of amides is 1. The summed E-state index contributed by atoms with van der Waals surface area (Å²) in [5, 5.41) is 9.46. The van der Waals surface area contributed by atoms with Gasteiger partial charge in [0.1, 0.15) is 23.6 Å². The number of ether oxygens (including phenoxy) is 2. The first-order chi connectivity index (χ1) is 18.5. The van der Waals surface area contributed by atoms with Gasteiger partial charge in [0.25, 0.3) is 0 Å². The van der Waals surface area contributed by atoms with E-state index in [1.54, 1.807) is 0 Å². The molecule has 1 aliphatic heterocycles. The molecule has 6 heteroatoms. The first-order valence-electron chi connectivity index (χ1n) is 13.6. The zero-order valence-corrected chi connectivity index (χ0v) is 23.6. The van der Waals surface area contributed by atoms with Crippen LogP contribution in [0.4, 0.5) is 0 Å². The van der Waals surface area contributed by atoms with E-state index in [-0.39, 0.29) is 37.1 Å². The molecule has 0 saturated heterocycles. The second-order valence-corrected chi connectivity index (χ2v) is 11.4. The Balaban J connectivity index is 1.43. The second-order valence-electron chi connectivity index (χ2n) is 11.4. The molecule has 0 radical (unpaired) electrons. The predicted octanol–water partition coefficient (Wildman–Crippen LogP) is 6.19. The molecular weight excluding hydrogens is 490 g/mol. The summed E-state index contributed by atoms with van der Waals surface area (Å²) in [5.41, 5.74) is 4.94. The van der Waals surface area contributed by atoms with Gasteiger partial charge in [-0.15, -0.1) is 0 Å². The van der Waals surface area contributed by atoms with Gasteiger partial charge in [-0.25, -0.2) is 0 Å². The Labute approximate surface area is 231 Å². The molecule has 1 heterocycles. The van der Waals surface area contributed by atoms with E-state index in [2.05, 4.69) is 45.0 Å². The number of nitrogens with zero attached hydrogens (tertiary/aromatic N) is 1. The Morgan fingerprint density at radius 1 is 0.974 bits per heavy atom. The maximum Gasteiger partial charge on any atom is 0.323 e. The molecule has 1 aliphatic rings. The summed E-state index contributed by atoms with van der Waals surface area (Å²) in [4.78, 5) is 26.2. The highest BCUT2D eigenvalue weighted by molar-refractivity contribution is 5.83. The summed E-state index contributed by atoms with van der Waals surface area (Å²) in [6.07, 6.45) is 1.68. The minimum atomic E-state index is -1.04. The molecule has 6 nitrogen and oxygen atoms in total. The van der Waals surface area contributed by atoms with Gasteiger partial charge in [0.05, 0.1) is 12.5 Å². The second kappa shape index (κ2) is 11.9. The number of benzene rings is 3. The third kappa shape index (κ3) is 7.62. The highest BCUT2D eigenvalue weighted by Gasteiger charge is 2.35. The summed E-state index contributed by atoms with van der Waals surface area (Å²) < 4.78 is 12.1. The number of carbonyl (C=O) groups is 2. The number of fused-ring (bicyclic) bond motifs is 1. The lowest BCUT2D eigenvalue weighted by molar-refractivity contribution is -0.144. The van der Waals surface area contributed by atoms with Crippen molar-refractivity contribution >= 4 is 11.9 Å². The summed E-state index contributed by atoms with van der Waals surface area (Å²) in [6, 6.07) is 22.0. The highest BCUT2D eigenvalue weighted by Crippen LogP contribution is 2.37. The van der Waals surface area contributed by atoms with Crippen molar-refractivity contribution in [1.82, 2.24) is 4.90 Å². The van der Waals surface area contributed by atoms with Gasteiger partial charge in [-0.3, -0.25) is 9.59 Å². The lowest BCUT2D eigenvalue weighted by Gasteiger charge is -2.24. The molecule has 39 heavy (non-hydrogen) atoms. The van der Waals surface area contributed by atoms with Crippen LogP contribution in [0, 0.1) is 0 Å². The van der Waals surface area contributed by atoms with Crippen LogP contribution in [0.15, 0.2) is 66.7 Å². The van der Waals surface area contributed by atoms with Gasteiger partial charge in [-0.1, -0.05) is 62.4 Å². The topological polar surface area (TPSA) is 76.1 Å². The molecule has 0 saturated carbocycles. The first kappa shape index (κ1) is 28.2. The van der Waals surface area contributed by atoms with Crippen molar-refractivity contribution in [2.24, 2.45) is 0 Å². The third-order valence-electron chi connectivity index (χ3n) is 6.95. The lowest BCUT2D eigenvalue weighted by atomic mass is 9.90. The minimum Gasteiger partial charge on any atom is -0.491 e. The fourth-order valence-corrected chi connectivity index (χ4v) is 5.13. The van der Waals surface area contributed by atoms with E-state index in [1.807, 2.05) is 56.3 Å². The zero-order chi connectivity index (χ0) is 28.2. The monoisotopic (exact) mass is 529 g/mol. The van der Waals surface area contributed by atoms with Crippen LogP contribution in [0.25, 0.3) is 0 Å². The Kier molecular flexibility index (Phi) is 8.63. The normalized spacial score (nSPS) is 16.2. The van der Waals surface area contributed by atoms with Crippen molar-refractivity contribution in [3.63, 3.8) is 0 Å². The van der Waals surface area contributed by atoms with E-state index >= 15 is 0 Å². The van der Waals surface area contributed by atoms with Crippen LogP contribution in [0.1, 0.15) is 68.4 Å². The largest absolute Gasteiger partial charge is 0.491 e. The molecule has 3 aromatic rings. The number of carbonyl (C=O) groups excluding carboxylic acids is 1. The van der Waals surface area contributed by atoms with Gasteiger partial charge in [-0.2, -0.15) is 0 Å². The zero-order valence-electron chi connectivity index (χ0n) is 23.6. The predicted molar refractivity (Wildman–Crippen MR) is 152 cm³/mol. The van der Waals surface area contributed by atoms with Crippen LogP contribution in [0.5, 0.6) is 11.5 Å². The van der Waals surface area contributed by atoms with Gasteiger partial charge in [-0.05, 0) is 72.7 Å². The molecule has 206 valence electrons. The molecule has 0 aromatic heterocycles. The van der Waals surface area contributed by atoms with Crippen molar-refractivity contribution in [3.8, 4) is 11.5 Å². The Morgan fingerprint density at radius 2 is 1.69 bits per heavy atom. The number of carboxylic acids is 1. The van der Waals surface area contributed by atoms with Gasteiger partial charge < -0.3 is 19.5 Å². The fraction of sp³-hybridized carbons (Fsp3) is 0.394. The molecule has 0 bridgehead atoms. The average Bonchev–Trinajstić information content (AvgIpc) is 3.18. The summed E-state index contributed by atoms with van der Waals surface area (Å²) in [6.45, 7) is 10.2. The molecule has 4 rings (SSSR count). The molecule has 1 atom stereocenters. The van der Waals surface area contributed by atoms with Crippen LogP contribution in [0.2, 0.25) is 0 Å². The molecule has 0 unspecified atom stereocenters. The van der Waals surface area contributed by atoms with E-state index < -0.39 is 5.97 Å². The Morgan fingerprint density at radius 3 is 2.36 bits per heavy atom. The fourth-order valence-electron chi connectivity index (χ4n) is 5.13. The summed E-state index contributed by atoms with van der Waals surface area (Å²) in [7, 11) is 0. The smallest absolute Gasteiger partial charge is 0.323 e. The lowest BCUT2D eigenvalue weighted by Crippen LogP contribution is -2.36. The molecule has 3 aromatic carbocycles. The molecule has 0 aliphatic carbocycles. The Hall–Kier alpha value is -3.80. The van der Waals surface area contributed by atoms with Gasteiger partial charge in [0, 0.05) is 19.4 Å². The maximum absolute atomic E-state index is 13.3. The van der Waals surface area contributed by atoms with Gasteiger partial charge >= 0.3 is 5.97 Å². The van der Waals surface area contributed by atoms with Crippen LogP contribution in [-0.4, -0.2) is 40.1 Å². The van der Waals surface area contributed by atoms with Crippen LogP contribution in [-0.2, 0) is 35.4 Å². The SMILES string of the molecule is CC(C)Oc1cccc(CN(CC(=O)O)C(=O)Cc2ccc3c(c2)C[C@@](C)(Cc2ccc(C(C)C)cc2)O3)c1. The number of aliphatic carboxylic acids is 1. The van der Waals surface area contributed by atoms with Gasteiger partial charge in [0.15, 0.2) is 0 Å². The van der Waals surface area contributed by atoms with E-state index in [0.717, 1.165) is 35.3 Å². The quantitative estimate of drug-likeness (QED) is 0.321. The summed E-state index contributed by atoms with van der Waals surface area (Å²) >= 11 is 0. The maximum atomic E-state index is 13.3. The van der Waals surface area contributed by atoms with Crippen LogP contribution >= 0.6 is 0 Å². The average molecular weight is 530 g/mol. The van der Waals surface area contributed by atoms with E-state index in [4.69, 9.17) is 9.47 Å². The third-order valence-corrected chi connectivity index (χ3v) is 6.95. The molecule has 1 amide bonds. The molecular formula is C33H39NO5. The Bertz CT molecular complexity index is 1310. The van der Waals surface area contributed by atoms with Crippen LogP contribution in [0.3, 0.4) is 0 Å². The number of hydrogen-bond donors (Lipinski definition) is 1. The van der Waals surface area contributed by atoms with E-state index in [0.29, 0.717) is 11.7 Å². The van der Waals surface area contributed by atoms with Crippen molar-refractivity contribution in [2.45, 2.75) is 78.0 Å². The van der Waals surface area contributed by atoms with Crippen molar-refractivity contribution < 1.29 is 24.2 Å². The van der Waals surface area contributed by atoms with Gasteiger partial charge in [0.2, 0.25) is 5.91 Å². The highest BCUT2D eigenvalue weighted by atomic mass is 16.5. The van der Waals surface area contributed by atoms with Crippen molar-refractivity contribution in [3.05, 3.63) is 94.5 Å². The van der Waals surface area contributed by atoms with Crippen molar-refractivity contribution in [1.29, 1.82) is 0 Å².